The van der Waals surface area contributed by atoms with Crippen LogP contribution < -0.4 is 0 Å². The first-order valence-corrected chi connectivity index (χ1v) is 7.16. The van der Waals surface area contributed by atoms with Crippen LogP contribution in [0.15, 0.2) is 0 Å². The van der Waals surface area contributed by atoms with Gasteiger partial charge in [0.25, 0.3) is 0 Å². The maximum absolute atomic E-state index is 10.7. The Bertz CT molecular complexity index is 216. The third-order valence-corrected chi connectivity index (χ3v) is 3.29. The van der Waals surface area contributed by atoms with Crippen LogP contribution in [0.2, 0.25) is 0 Å². The molecule has 0 aromatic carbocycles. The van der Waals surface area contributed by atoms with Crippen LogP contribution in [0.5, 0.6) is 0 Å². The molecule has 0 aliphatic carbocycles. The molecule has 0 saturated carbocycles. The summed E-state index contributed by atoms with van der Waals surface area (Å²) in [5.74, 6) is -0.0295. The molecule has 0 rings (SSSR count). The first-order chi connectivity index (χ1) is 8.49. The van der Waals surface area contributed by atoms with Crippen LogP contribution in [0.4, 0.5) is 0 Å². The van der Waals surface area contributed by atoms with Gasteiger partial charge in [0, 0.05) is 19.6 Å². The molecular weight excluding hydrogens is 228 g/mol. The van der Waals surface area contributed by atoms with Gasteiger partial charge in [0.2, 0.25) is 0 Å². The van der Waals surface area contributed by atoms with Gasteiger partial charge in [0.05, 0.1) is 6.42 Å². The van der Waals surface area contributed by atoms with E-state index >= 15 is 0 Å². The van der Waals surface area contributed by atoms with Crippen molar-refractivity contribution in [2.45, 2.75) is 40.5 Å². The number of carboxylic acids is 1. The van der Waals surface area contributed by atoms with E-state index in [0.717, 1.165) is 39.1 Å². The zero-order valence-electron chi connectivity index (χ0n) is 12.5. The van der Waals surface area contributed by atoms with Gasteiger partial charge in [0.15, 0.2) is 0 Å². The minimum atomic E-state index is -0.701. The number of nitrogens with zero attached hydrogens (tertiary/aromatic N) is 2. The summed E-state index contributed by atoms with van der Waals surface area (Å²) < 4.78 is 0. The lowest BCUT2D eigenvalue weighted by Crippen LogP contribution is -2.37. The predicted octanol–water partition coefficient (Wildman–Crippen LogP) is 2.15. The fraction of sp³-hybridized carbons (Fsp3) is 0.929. The van der Waals surface area contributed by atoms with Gasteiger partial charge in [-0.3, -0.25) is 4.79 Å². The molecule has 0 amide bonds. The van der Waals surface area contributed by atoms with Gasteiger partial charge in [-0.1, -0.05) is 27.7 Å². The predicted molar refractivity (Wildman–Crippen MR) is 75.9 cm³/mol. The first-order valence-electron chi connectivity index (χ1n) is 7.16. The quantitative estimate of drug-likeness (QED) is 0.617. The second kappa shape index (κ2) is 10.3. The molecule has 1 N–H and O–H groups in total. The molecule has 0 bridgehead atoms. The SMILES string of the molecule is CCN(CC)CCN(CCC(=O)O)CCC(C)C. The summed E-state index contributed by atoms with van der Waals surface area (Å²) in [6, 6.07) is 0. The highest BCUT2D eigenvalue weighted by Crippen LogP contribution is 2.03. The van der Waals surface area contributed by atoms with Crippen LogP contribution in [0.1, 0.15) is 40.5 Å². The molecule has 4 heteroatoms. The van der Waals surface area contributed by atoms with Gasteiger partial charge < -0.3 is 14.9 Å². The van der Waals surface area contributed by atoms with Crippen molar-refractivity contribution >= 4 is 5.97 Å². The maximum Gasteiger partial charge on any atom is 0.304 e. The lowest BCUT2D eigenvalue weighted by atomic mass is 10.1. The Hall–Kier alpha value is -0.610. The van der Waals surface area contributed by atoms with Crippen molar-refractivity contribution in [1.82, 2.24) is 9.80 Å². The zero-order valence-corrected chi connectivity index (χ0v) is 12.5. The van der Waals surface area contributed by atoms with Crippen molar-refractivity contribution in [3.05, 3.63) is 0 Å². The Morgan fingerprint density at radius 2 is 1.56 bits per heavy atom. The summed E-state index contributed by atoms with van der Waals surface area (Å²) in [6.45, 7) is 14.6. The van der Waals surface area contributed by atoms with Crippen molar-refractivity contribution in [3.63, 3.8) is 0 Å². The van der Waals surface area contributed by atoms with E-state index in [1.165, 1.54) is 0 Å². The monoisotopic (exact) mass is 258 g/mol. The second-order valence-corrected chi connectivity index (χ2v) is 5.19. The molecule has 0 aromatic rings. The van der Waals surface area contributed by atoms with E-state index in [4.69, 9.17) is 5.11 Å². The van der Waals surface area contributed by atoms with Crippen molar-refractivity contribution in [2.24, 2.45) is 5.92 Å². The molecule has 0 saturated heterocycles. The van der Waals surface area contributed by atoms with Crippen molar-refractivity contribution in [3.8, 4) is 0 Å². The highest BCUT2D eigenvalue weighted by molar-refractivity contribution is 5.66. The standard InChI is InChI=1S/C14H30N2O2/c1-5-15(6-2)11-12-16(9-7-13(3)4)10-8-14(17)18/h13H,5-12H2,1-4H3,(H,17,18). The number of hydrogen-bond donors (Lipinski definition) is 1. The molecule has 0 aromatic heterocycles. The molecule has 108 valence electrons. The van der Waals surface area contributed by atoms with Gasteiger partial charge in [-0.25, -0.2) is 0 Å². The van der Waals surface area contributed by atoms with Gasteiger partial charge in [-0.2, -0.15) is 0 Å². The molecule has 0 heterocycles. The first kappa shape index (κ1) is 17.4. The second-order valence-electron chi connectivity index (χ2n) is 5.19. The van der Waals surface area contributed by atoms with Crippen LogP contribution in [0.25, 0.3) is 0 Å². The largest absolute Gasteiger partial charge is 0.481 e. The lowest BCUT2D eigenvalue weighted by Gasteiger charge is -2.26. The average molecular weight is 258 g/mol. The van der Waals surface area contributed by atoms with E-state index in [-0.39, 0.29) is 6.42 Å². The summed E-state index contributed by atoms with van der Waals surface area (Å²) >= 11 is 0. The lowest BCUT2D eigenvalue weighted by molar-refractivity contribution is -0.137. The highest BCUT2D eigenvalue weighted by atomic mass is 16.4. The number of rotatable bonds is 11. The Labute approximate surface area is 112 Å². The fourth-order valence-electron chi connectivity index (χ4n) is 1.85. The summed E-state index contributed by atoms with van der Waals surface area (Å²) in [4.78, 5) is 15.3. The molecule has 0 aliphatic rings. The van der Waals surface area contributed by atoms with Crippen LogP contribution in [0.3, 0.4) is 0 Å². The molecule has 0 fully saturated rings. The van der Waals surface area contributed by atoms with E-state index in [0.29, 0.717) is 12.5 Å². The fourth-order valence-corrected chi connectivity index (χ4v) is 1.85. The maximum atomic E-state index is 10.7. The molecule has 0 atom stereocenters. The van der Waals surface area contributed by atoms with Crippen molar-refractivity contribution in [2.75, 3.05) is 39.3 Å². The summed E-state index contributed by atoms with van der Waals surface area (Å²) in [5, 5.41) is 8.77. The minimum Gasteiger partial charge on any atom is -0.481 e. The normalized spacial score (nSPS) is 11.7. The average Bonchev–Trinajstić information content (AvgIpc) is 2.32. The van der Waals surface area contributed by atoms with Gasteiger partial charge in [-0.15, -0.1) is 0 Å². The molecule has 0 unspecified atom stereocenters. The van der Waals surface area contributed by atoms with E-state index < -0.39 is 5.97 Å². The smallest absolute Gasteiger partial charge is 0.304 e. The van der Waals surface area contributed by atoms with E-state index in [1.807, 2.05) is 0 Å². The van der Waals surface area contributed by atoms with E-state index in [2.05, 4.69) is 37.5 Å². The number of carbonyl (C=O) groups is 1. The Morgan fingerprint density at radius 3 is 2.00 bits per heavy atom. The van der Waals surface area contributed by atoms with E-state index in [1.54, 1.807) is 0 Å². The zero-order chi connectivity index (χ0) is 14.0. The summed E-state index contributed by atoms with van der Waals surface area (Å²) in [6.07, 6.45) is 1.38. The van der Waals surface area contributed by atoms with Crippen molar-refractivity contribution < 1.29 is 9.90 Å². The topological polar surface area (TPSA) is 43.8 Å². The molecule has 0 radical (unpaired) electrons. The van der Waals surface area contributed by atoms with Crippen LogP contribution in [-0.2, 0) is 4.79 Å². The third-order valence-electron chi connectivity index (χ3n) is 3.29. The highest BCUT2D eigenvalue weighted by Gasteiger charge is 2.09. The Balaban J connectivity index is 4.05. The molecular formula is C14H30N2O2. The number of aliphatic carboxylic acids is 1. The van der Waals surface area contributed by atoms with Gasteiger partial charge in [0.1, 0.15) is 0 Å². The number of carboxylic acid groups (broad SMARTS) is 1. The van der Waals surface area contributed by atoms with Gasteiger partial charge in [-0.05, 0) is 32.0 Å². The Kier molecular flexibility index (Phi) is 9.98. The van der Waals surface area contributed by atoms with Crippen molar-refractivity contribution in [1.29, 1.82) is 0 Å². The van der Waals surface area contributed by atoms with Crippen LogP contribution in [-0.4, -0.2) is 60.1 Å². The summed E-state index contributed by atoms with van der Waals surface area (Å²) in [5.41, 5.74) is 0. The summed E-state index contributed by atoms with van der Waals surface area (Å²) in [7, 11) is 0. The van der Waals surface area contributed by atoms with Gasteiger partial charge >= 0.3 is 5.97 Å². The van der Waals surface area contributed by atoms with E-state index in [9.17, 15) is 4.79 Å². The number of likely N-dealkylation sites (N-methyl/N-ethyl adjacent to an activating group) is 1. The molecule has 0 aliphatic heterocycles. The Morgan fingerprint density at radius 1 is 1.00 bits per heavy atom. The minimum absolute atomic E-state index is 0.246. The van der Waals surface area contributed by atoms with Crippen LogP contribution >= 0.6 is 0 Å². The molecule has 0 spiro atoms. The molecule has 4 nitrogen and oxygen atoms in total. The molecule has 18 heavy (non-hydrogen) atoms. The van der Waals surface area contributed by atoms with Crippen LogP contribution in [0, 0.1) is 5.92 Å². The third kappa shape index (κ3) is 9.42. The number of hydrogen-bond acceptors (Lipinski definition) is 3.